The molecule has 0 aromatic carbocycles. The smallest absolute Gasteiger partial charge is 0.304 e. The molecule has 0 aliphatic carbocycles. The van der Waals surface area contributed by atoms with Gasteiger partial charge in [-0.1, -0.05) is 11.3 Å². The van der Waals surface area contributed by atoms with Gasteiger partial charge in [0.05, 0.1) is 6.54 Å². The van der Waals surface area contributed by atoms with Crippen molar-refractivity contribution in [1.29, 1.82) is 0 Å². The molecule has 2 aromatic heterocycles. The largest absolute Gasteiger partial charge is 0.398 e. The van der Waals surface area contributed by atoms with Crippen molar-refractivity contribution in [3.8, 4) is 0 Å². The monoisotopic (exact) mass is 291 g/mol. The fraction of sp³-hybridized carbons (Fsp3) is 0.125. The van der Waals surface area contributed by atoms with Gasteiger partial charge in [-0.25, -0.2) is 13.1 Å². The number of anilines is 1. The Morgan fingerprint density at radius 3 is 2.65 bits per heavy atom. The molecule has 0 aliphatic heterocycles. The average molecular weight is 291 g/mol. The molecule has 0 aliphatic rings. The quantitative estimate of drug-likeness (QED) is 0.765. The number of nitrogens with one attached hydrogen (secondary N) is 2. The van der Waals surface area contributed by atoms with Crippen molar-refractivity contribution in [2.75, 3.05) is 5.73 Å². The highest BCUT2D eigenvalue weighted by atomic mass is 32.2. The van der Waals surface area contributed by atoms with Crippen molar-refractivity contribution < 1.29 is 8.42 Å². The number of hydrogen-bond acceptors (Lipinski definition) is 6. The first-order valence-electron chi connectivity index (χ1n) is 4.48. The predicted molar refractivity (Wildman–Crippen MR) is 67.7 cm³/mol. The van der Waals surface area contributed by atoms with Crippen LogP contribution in [0.4, 0.5) is 5.69 Å². The number of H-pyrrole nitrogens is 1. The Labute approximate surface area is 105 Å². The molecule has 0 bridgehead atoms. The normalized spacial score (nSPS) is 11.8. The van der Waals surface area contributed by atoms with Gasteiger partial charge in [-0.15, -0.1) is 11.3 Å². The van der Waals surface area contributed by atoms with Gasteiger partial charge in [0, 0.05) is 22.1 Å². The van der Waals surface area contributed by atoms with Crippen LogP contribution in [0.5, 0.6) is 0 Å². The van der Waals surface area contributed by atoms with Gasteiger partial charge in [-0.2, -0.15) is 0 Å². The standard InChI is InChI=1S/C8H9N3O3S3/c9-5-1-7(15-3-5)17(13,14)10-2-6-4-16-8(12)11-6/h1,3-4,10H,2,9H2,(H,11,12). The Bertz CT molecular complexity index is 667. The van der Waals surface area contributed by atoms with E-state index in [9.17, 15) is 13.2 Å². The number of rotatable bonds is 4. The Morgan fingerprint density at radius 1 is 1.35 bits per heavy atom. The molecule has 0 atom stereocenters. The van der Waals surface area contributed by atoms with Gasteiger partial charge in [0.25, 0.3) is 0 Å². The molecule has 2 heterocycles. The SMILES string of the molecule is Nc1csc(S(=O)(=O)NCc2csc(=O)[nH]2)c1. The zero-order chi connectivity index (χ0) is 12.5. The number of sulfonamides is 1. The highest BCUT2D eigenvalue weighted by molar-refractivity contribution is 7.91. The van der Waals surface area contributed by atoms with E-state index in [4.69, 9.17) is 5.73 Å². The zero-order valence-corrected chi connectivity index (χ0v) is 10.9. The molecule has 0 unspecified atom stereocenters. The van der Waals surface area contributed by atoms with E-state index in [1.807, 2.05) is 0 Å². The van der Waals surface area contributed by atoms with Gasteiger partial charge in [0.1, 0.15) is 4.21 Å². The zero-order valence-electron chi connectivity index (χ0n) is 8.47. The summed E-state index contributed by atoms with van der Waals surface area (Å²) in [5, 5.41) is 3.13. The summed E-state index contributed by atoms with van der Waals surface area (Å²) < 4.78 is 26.1. The molecule has 6 nitrogen and oxygen atoms in total. The third-order valence-corrected chi connectivity index (χ3v) is 5.46. The molecule has 2 aromatic rings. The molecule has 92 valence electrons. The molecule has 9 heteroatoms. The van der Waals surface area contributed by atoms with Crippen molar-refractivity contribution in [3.05, 3.63) is 32.2 Å². The van der Waals surface area contributed by atoms with E-state index in [-0.39, 0.29) is 15.6 Å². The van der Waals surface area contributed by atoms with Crippen LogP contribution in [0.15, 0.2) is 25.8 Å². The Morgan fingerprint density at radius 2 is 2.12 bits per heavy atom. The Balaban J connectivity index is 2.11. The van der Waals surface area contributed by atoms with E-state index in [1.54, 1.807) is 10.8 Å². The van der Waals surface area contributed by atoms with Gasteiger partial charge in [0.2, 0.25) is 10.0 Å². The molecule has 0 radical (unpaired) electrons. The highest BCUT2D eigenvalue weighted by Crippen LogP contribution is 2.21. The number of aromatic nitrogens is 1. The van der Waals surface area contributed by atoms with Gasteiger partial charge < -0.3 is 10.7 Å². The first-order valence-corrected chi connectivity index (χ1v) is 7.72. The second-order valence-electron chi connectivity index (χ2n) is 3.20. The fourth-order valence-electron chi connectivity index (χ4n) is 1.12. The second kappa shape index (κ2) is 4.61. The van der Waals surface area contributed by atoms with Gasteiger partial charge in [-0.05, 0) is 6.07 Å². The molecule has 0 saturated carbocycles. The van der Waals surface area contributed by atoms with Crippen molar-refractivity contribution in [2.45, 2.75) is 10.8 Å². The van der Waals surface area contributed by atoms with E-state index in [0.717, 1.165) is 22.7 Å². The van der Waals surface area contributed by atoms with E-state index in [1.165, 1.54) is 6.07 Å². The molecule has 0 fully saturated rings. The maximum atomic E-state index is 11.8. The Kier molecular flexibility index (Phi) is 3.33. The third-order valence-electron chi connectivity index (χ3n) is 1.88. The lowest BCUT2D eigenvalue weighted by Gasteiger charge is -2.02. The number of nitrogen functional groups attached to an aromatic ring is 1. The lowest BCUT2D eigenvalue weighted by Crippen LogP contribution is -2.22. The van der Waals surface area contributed by atoms with Gasteiger partial charge in [0.15, 0.2) is 0 Å². The van der Waals surface area contributed by atoms with Gasteiger partial charge >= 0.3 is 4.87 Å². The van der Waals surface area contributed by atoms with Crippen molar-refractivity contribution in [1.82, 2.24) is 9.71 Å². The summed E-state index contributed by atoms with van der Waals surface area (Å²) in [5.41, 5.74) is 6.41. The van der Waals surface area contributed by atoms with Crippen LogP contribution in [0.3, 0.4) is 0 Å². The summed E-state index contributed by atoms with van der Waals surface area (Å²) in [7, 11) is -3.56. The highest BCUT2D eigenvalue weighted by Gasteiger charge is 2.16. The summed E-state index contributed by atoms with van der Waals surface area (Å²) in [5.74, 6) is 0. The molecule has 4 N–H and O–H groups in total. The van der Waals surface area contributed by atoms with Crippen LogP contribution in [-0.2, 0) is 16.6 Å². The minimum absolute atomic E-state index is 0.0544. The van der Waals surface area contributed by atoms with E-state index in [0.29, 0.717) is 11.4 Å². The summed E-state index contributed by atoms with van der Waals surface area (Å²) in [6.07, 6.45) is 0. The number of aromatic amines is 1. The van der Waals surface area contributed by atoms with Crippen LogP contribution >= 0.6 is 22.7 Å². The maximum absolute atomic E-state index is 11.8. The number of hydrogen-bond donors (Lipinski definition) is 3. The molecule has 0 spiro atoms. The molecule has 17 heavy (non-hydrogen) atoms. The molecule has 2 rings (SSSR count). The first kappa shape index (κ1) is 12.3. The van der Waals surface area contributed by atoms with E-state index in [2.05, 4.69) is 9.71 Å². The lowest BCUT2D eigenvalue weighted by molar-refractivity contribution is 0.582. The van der Waals surface area contributed by atoms with E-state index >= 15 is 0 Å². The number of thiophene rings is 1. The second-order valence-corrected chi connectivity index (χ2v) is 6.94. The Hall–Kier alpha value is -1.16. The van der Waals surface area contributed by atoms with Crippen LogP contribution in [0.2, 0.25) is 0 Å². The predicted octanol–water partition coefficient (Wildman–Crippen LogP) is 0.559. The van der Waals surface area contributed by atoms with Crippen LogP contribution in [0, 0.1) is 0 Å². The number of nitrogens with two attached hydrogens (primary N) is 1. The minimum Gasteiger partial charge on any atom is -0.398 e. The first-order chi connectivity index (χ1) is 7.97. The van der Waals surface area contributed by atoms with Gasteiger partial charge in [-0.3, -0.25) is 4.79 Å². The van der Waals surface area contributed by atoms with E-state index < -0.39 is 10.0 Å². The van der Waals surface area contributed by atoms with Crippen molar-refractivity contribution in [2.24, 2.45) is 0 Å². The topological polar surface area (TPSA) is 105 Å². The van der Waals surface area contributed by atoms with Crippen molar-refractivity contribution in [3.63, 3.8) is 0 Å². The molecule has 0 amide bonds. The summed E-state index contributed by atoms with van der Waals surface area (Å²) in [6.45, 7) is 0.0544. The van der Waals surface area contributed by atoms with Crippen LogP contribution in [0.25, 0.3) is 0 Å². The van der Waals surface area contributed by atoms with Crippen molar-refractivity contribution >= 4 is 38.4 Å². The molecular formula is C8H9N3O3S3. The van der Waals surface area contributed by atoms with Crippen LogP contribution in [-0.4, -0.2) is 13.4 Å². The summed E-state index contributed by atoms with van der Waals surface area (Å²) in [6, 6.07) is 1.39. The minimum atomic E-state index is -3.56. The lowest BCUT2D eigenvalue weighted by atomic mass is 10.5. The molecular weight excluding hydrogens is 282 g/mol. The third kappa shape index (κ3) is 2.94. The number of thiazole rings is 1. The maximum Gasteiger partial charge on any atom is 0.304 e. The van der Waals surface area contributed by atoms with Crippen LogP contribution in [0.1, 0.15) is 5.69 Å². The average Bonchev–Trinajstić information content (AvgIpc) is 2.85. The summed E-state index contributed by atoms with van der Waals surface area (Å²) >= 11 is 2.04. The van der Waals surface area contributed by atoms with Crippen LogP contribution < -0.4 is 15.3 Å². The molecule has 0 saturated heterocycles. The summed E-state index contributed by atoms with van der Waals surface area (Å²) in [4.78, 5) is 13.2. The fourth-order valence-corrected chi connectivity index (χ4v) is 3.83.